The fraction of sp³-hybridized carbons (Fsp3) is 0.0909. The summed E-state index contributed by atoms with van der Waals surface area (Å²) in [7, 11) is -4.07. The Morgan fingerprint density at radius 2 is 1.52 bits per heavy atom. The summed E-state index contributed by atoms with van der Waals surface area (Å²) in [6.07, 6.45) is 0.918. The molecule has 0 saturated heterocycles. The van der Waals surface area contributed by atoms with Gasteiger partial charge >= 0.3 is 0 Å². The van der Waals surface area contributed by atoms with E-state index in [-0.39, 0.29) is 26.6 Å². The molecule has 2 N–H and O–H groups in total. The molecular formula is C22H18Cl2N4O2S. The average Bonchev–Trinajstić information content (AvgIpc) is 2.76. The Labute approximate surface area is 190 Å². The van der Waals surface area contributed by atoms with Gasteiger partial charge in [-0.3, -0.25) is 4.72 Å². The van der Waals surface area contributed by atoms with E-state index in [1.54, 1.807) is 18.2 Å². The second kappa shape index (κ2) is 8.70. The van der Waals surface area contributed by atoms with Crippen LogP contribution < -0.4 is 10.0 Å². The van der Waals surface area contributed by atoms with Gasteiger partial charge in [0.25, 0.3) is 10.0 Å². The standard InChI is InChI=1S/C22H18Cl2N4O2S/c1-2-14-7-10-16(11-8-14)25-21-22(27-19-6-4-3-5-18(19)26-21)28-31(29,30)20-13-15(23)9-12-17(20)24/h3-13H,2H2,1H3,(H,25,26)(H,27,28). The molecule has 0 saturated carbocycles. The number of anilines is 3. The van der Waals surface area contributed by atoms with Gasteiger partial charge in [-0.25, -0.2) is 18.4 Å². The number of aromatic nitrogens is 2. The maximum atomic E-state index is 13.0. The largest absolute Gasteiger partial charge is 0.337 e. The van der Waals surface area contributed by atoms with Crippen molar-refractivity contribution < 1.29 is 8.42 Å². The number of halogens is 2. The van der Waals surface area contributed by atoms with E-state index in [9.17, 15) is 8.42 Å². The van der Waals surface area contributed by atoms with Crippen LogP contribution in [0.25, 0.3) is 11.0 Å². The van der Waals surface area contributed by atoms with Gasteiger partial charge in [0.15, 0.2) is 11.6 Å². The van der Waals surface area contributed by atoms with Crippen LogP contribution in [0.2, 0.25) is 10.0 Å². The first kappa shape index (κ1) is 21.4. The maximum Gasteiger partial charge on any atom is 0.264 e. The Morgan fingerprint density at radius 1 is 0.871 bits per heavy atom. The van der Waals surface area contributed by atoms with Crippen LogP contribution in [-0.2, 0) is 16.4 Å². The topological polar surface area (TPSA) is 84.0 Å². The smallest absolute Gasteiger partial charge is 0.264 e. The predicted octanol–water partition coefficient (Wildman–Crippen LogP) is 6.04. The Bertz CT molecular complexity index is 1360. The van der Waals surface area contributed by atoms with Gasteiger partial charge in [0, 0.05) is 10.7 Å². The molecular weight excluding hydrogens is 455 g/mol. The van der Waals surface area contributed by atoms with Crippen molar-refractivity contribution in [3.05, 3.63) is 82.3 Å². The van der Waals surface area contributed by atoms with Gasteiger partial charge in [0.2, 0.25) is 0 Å². The molecule has 1 heterocycles. The number of nitrogens with zero attached hydrogens (tertiary/aromatic N) is 2. The highest BCUT2D eigenvalue weighted by Crippen LogP contribution is 2.30. The van der Waals surface area contributed by atoms with Crippen LogP contribution in [0.3, 0.4) is 0 Å². The molecule has 0 aliphatic rings. The third kappa shape index (κ3) is 4.74. The summed E-state index contributed by atoms with van der Waals surface area (Å²) < 4.78 is 28.6. The van der Waals surface area contributed by atoms with Crippen molar-refractivity contribution >= 4 is 61.6 Å². The van der Waals surface area contributed by atoms with Crippen molar-refractivity contribution in [3.63, 3.8) is 0 Å². The Balaban J connectivity index is 1.78. The monoisotopic (exact) mass is 472 g/mol. The highest BCUT2D eigenvalue weighted by molar-refractivity contribution is 7.92. The van der Waals surface area contributed by atoms with E-state index in [4.69, 9.17) is 23.2 Å². The van der Waals surface area contributed by atoms with E-state index in [1.165, 1.54) is 23.8 Å². The summed E-state index contributed by atoms with van der Waals surface area (Å²) in [4.78, 5) is 8.90. The van der Waals surface area contributed by atoms with E-state index in [2.05, 4.69) is 26.9 Å². The number of fused-ring (bicyclic) bond motifs is 1. The molecule has 0 aliphatic heterocycles. The summed E-state index contributed by atoms with van der Waals surface area (Å²) in [5, 5.41) is 3.46. The molecule has 0 amide bonds. The number of hydrogen-bond donors (Lipinski definition) is 2. The minimum atomic E-state index is -4.07. The molecule has 0 aliphatic carbocycles. The van der Waals surface area contributed by atoms with Gasteiger partial charge in [-0.05, 0) is 54.4 Å². The van der Waals surface area contributed by atoms with Crippen molar-refractivity contribution in [2.75, 3.05) is 10.0 Å². The van der Waals surface area contributed by atoms with Gasteiger partial charge in [-0.15, -0.1) is 0 Å². The molecule has 3 aromatic carbocycles. The zero-order chi connectivity index (χ0) is 22.0. The molecule has 0 spiro atoms. The SMILES string of the molecule is CCc1ccc(Nc2nc3ccccc3nc2NS(=O)(=O)c2cc(Cl)ccc2Cl)cc1. The van der Waals surface area contributed by atoms with E-state index >= 15 is 0 Å². The minimum absolute atomic E-state index is 0.0503. The number of para-hydroxylation sites is 2. The van der Waals surface area contributed by atoms with Crippen LogP contribution in [0.1, 0.15) is 12.5 Å². The number of hydrogen-bond acceptors (Lipinski definition) is 5. The lowest BCUT2D eigenvalue weighted by atomic mass is 10.1. The molecule has 4 aromatic rings. The van der Waals surface area contributed by atoms with Crippen molar-refractivity contribution in [1.82, 2.24) is 9.97 Å². The van der Waals surface area contributed by atoms with Crippen molar-refractivity contribution in [2.45, 2.75) is 18.2 Å². The number of sulfonamides is 1. The summed E-state index contributed by atoms with van der Waals surface area (Å²) >= 11 is 12.1. The number of benzene rings is 3. The Hall–Kier alpha value is -2.87. The third-order valence-corrected chi connectivity index (χ3v) is 6.66. The number of rotatable bonds is 6. The molecule has 0 unspecified atom stereocenters. The molecule has 0 bridgehead atoms. The molecule has 31 heavy (non-hydrogen) atoms. The van der Waals surface area contributed by atoms with Crippen LogP contribution in [0.4, 0.5) is 17.3 Å². The van der Waals surface area contributed by atoms with Crippen molar-refractivity contribution in [2.24, 2.45) is 0 Å². The third-order valence-electron chi connectivity index (χ3n) is 4.61. The van der Waals surface area contributed by atoms with Crippen LogP contribution >= 0.6 is 23.2 Å². The summed E-state index contributed by atoms with van der Waals surface area (Å²) in [6.45, 7) is 2.07. The van der Waals surface area contributed by atoms with E-state index in [1.807, 2.05) is 30.3 Å². The van der Waals surface area contributed by atoms with E-state index in [0.29, 0.717) is 11.0 Å². The van der Waals surface area contributed by atoms with Crippen LogP contribution in [0, 0.1) is 0 Å². The second-order valence-corrected chi connectivity index (χ2v) is 9.26. The summed E-state index contributed by atoms with van der Waals surface area (Å²) in [6, 6.07) is 19.2. The van der Waals surface area contributed by atoms with Crippen molar-refractivity contribution in [3.8, 4) is 0 Å². The minimum Gasteiger partial charge on any atom is -0.337 e. The highest BCUT2D eigenvalue weighted by Gasteiger charge is 2.22. The van der Waals surface area contributed by atoms with Gasteiger partial charge in [-0.2, -0.15) is 0 Å². The molecule has 0 atom stereocenters. The fourth-order valence-electron chi connectivity index (χ4n) is 2.98. The van der Waals surface area contributed by atoms with Gasteiger partial charge in [-0.1, -0.05) is 54.4 Å². The zero-order valence-electron chi connectivity index (χ0n) is 16.4. The zero-order valence-corrected chi connectivity index (χ0v) is 18.8. The van der Waals surface area contributed by atoms with E-state index in [0.717, 1.165) is 12.1 Å². The second-order valence-electron chi connectivity index (χ2n) is 6.77. The van der Waals surface area contributed by atoms with Crippen LogP contribution in [0.5, 0.6) is 0 Å². The first-order valence-corrected chi connectivity index (χ1v) is 11.7. The van der Waals surface area contributed by atoms with Gasteiger partial charge < -0.3 is 5.32 Å². The molecule has 0 radical (unpaired) electrons. The molecule has 4 rings (SSSR count). The quantitative estimate of drug-likeness (QED) is 0.357. The lowest BCUT2D eigenvalue weighted by molar-refractivity contribution is 0.601. The molecule has 0 fully saturated rings. The van der Waals surface area contributed by atoms with Crippen LogP contribution in [-0.4, -0.2) is 18.4 Å². The number of aryl methyl sites for hydroxylation is 1. The molecule has 9 heteroatoms. The fourth-order valence-corrected chi connectivity index (χ4v) is 4.76. The Kier molecular flexibility index (Phi) is 6.00. The molecule has 6 nitrogen and oxygen atoms in total. The van der Waals surface area contributed by atoms with E-state index < -0.39 is 10.0 Å². The predicted molar refractivity (Wildman–Crippen MR) is 126 cm³/mol. The lowest BCUT2D eigenvalue weighted by Crippen LogP contribution is -2.16. The van der Waals surface area contributed by atoms with Gasteiger partial charge in [0.1, 0.15) is 4.90 Å². The lowest BCUT2D eigenvalue weighted by Gasteiger charge is -2.15. The highest BCUT2D eigenvalue weighted by atomic mass is 35.5. The summed E-state index contributed by atoms with van der Waals surface area (Å²) in [5.41, 5.74) is 3.11. The summed E-state index contributed by atoms with van der Waals surface area (Å²) in [5.74, 6) is 0.319. The van der Waals surface area contributed by atoms with Crippen molar-refractivity contribution in [1.29, 1.82) is 0 Å². The van der Waals surface area contributed by atoms with Crippen LogP contribution in [0.15, 0.2) is 71.6 Å². The first-order chi connectivity index (χ1) is 14.9. The first-order valence-electron chi connectivity index (χ1n) is 9.46. The molecule has 1 aromatic heterocycles. The molecule has 158 valence electrons. The number of nitrogens with one attached hydrogen (secondary N) is 2. The average molecular weight is 473 g/mol. The Morgan fingerprint density at radius 3 is 2.16 bits per heavy atom. The van der Waals surface area contributed by atoms with Gasteiger partial charge in [0.05, 0.1) is 16.1 Å². The maximum absolute atomic E-state index is 13.0. The normalized spacial score (nSPS) is 11.5.